The second kappa shape index (κ2) is 12.7. The summed E-state index contributed by atoms with van der Waals surface area (Å²) >= 11 is 0. The third-order valence-corrected chi connectivity index (χ3v) is 4.95. The molecule has 0 fully saturated rings. The largest absolute Gasteiger partial charge is 0.305 e. The molecule has 5 aromatic rings. The topological polar surface area (TPSA) is 53.9 Å². The van der Waals surface area contributed by atoms with E-state index < -0.39 is 0 Å². The first-order valence-corrected chi connectivity index (χ1v) is 10.5. The molecule has 5 heteroatoms. The number of pyridine rings is 2. The molecule has 3 aromatic carbocycles. The van der Waals surface area contributed by atoms with Crippen molar-refractivity contribution in [1.29, 1.82) is 5.26 Å². The summed E-state index contributed by atoms with van der Waals surface area (Å²) < 4.78 is 0. The molecular formula is C30H18IrN4-2. The van der Waals surface area contributed by atoms with Gasteiger partial charge in [-0.15, -0.1) is 59.7 Å². The maximum absolute atomic E-state index is 8.78. The van der Waals surface area contributed by atoms with Gasteiger partial charge in [-0.25, -0.2) is 5.26 Å². The Labute approximate surface area is 218 Å². The van der Waals surface area contributed by atoms with Crippen LogP contribution >= 0.6 is 0 Å². The number of nitrogens with zero attached hydrogens (tertiary/aromatic N) is 4. The number of benzene rings is 3. The monoisotopic (exact) mass is 627 g/mol. The Balaban J connectivity index is 0.000000192. The third kappa shape index (κ3) is 6.56. The van der Waals surface area contributed by atoms with Crippen LogP contribution in [0.5, 0.6) is 0 Å². The van der Waals surface area contributed by atoms with Crippen LogP contribution in [-0.2, 0) is 20.1 Å². The Morgan fingerprint density at radius 2 is 1.51 bits per heavy atom. The van der Waals surface area contributed by atoms with E-state index in [1.54, 1.807) is 18.3 Å². The molecule has 2 aromatic heterocycles. The average molecular weight is 627 g/mol. The van der Waals surface area contributed by atoms with Crippen LogP contribution in [0.4, 0.5) is 5.69 Å². The summed E-state index contributed by atoms with van der Waals surface area (Å²) in [7, 11) is 0. The van der Waals surface area contributed by atoms with Crippen LogP contribution < -0.4 is 0 Å². The van der Waals surface area contributed by atoms with Gasteiger partial charge in [-0.3, -0.25) is 4.85 Å². The molecule has 0 amide bonds. The van der Waals surface area contributed by atoms with Gasteiger partial charge in [0.25, 0.3) is 0 Å². The molecule has 0 aliphatic carbocycles. The van der Waals surface area contributed by atoms with Crippen molar-refractivity contribution in [3.63, 3.8) is 0 Å². The Morgan fingerprint density at radius 3 is 2.20 bits per heavy atom. The van der Waals surface area contributed by atoms with Gasteiger partial charge in [0.1, 0.15) is 5.69 Å². The number of hydrogen-bond acceptors (Lipinski definition) is 3. The zero-order valence-electron chi connectivity index (χ0n) is 18.5. The predicted octanol–water partition coefficient (Wildman–Crippen LogP) is 7.18. The van der Waals surface area contributed by atoms with E-state index in [4.69, 9.17) is 11.8 Å². The van der Waals surface area contributed by atoms with Crippen molar-refractivity contribution < 1.29 is 20.1 Å². The molecule has 0 N–H and O–H groups in total. The number of aromatic nitrogens is 2. The zero-order valence-corrected chi connectivity index (χ0v) is 20.9. The van der Waals surface area contributed by atoms with E-state index in [0.717, 1.165) is 22.5 Å². The van der Waals surface area contributed by atoms with Crippen molar-refractivity contribution >= 4 is 5.69 Å². The maximum Gasteiger partial charge on any atom is 0.123 e. The second-order valence-corrected chi connectivity index (χ2v) is 7.14. The number of nitriles is 1. The summed E-state index contributed by atoms with van der Waals surface area (Å²) in [6, 6.07) is 39.3. The minimum absolute atomic E-state index is 0. The molecule has 0 bridgehead atoms. The third-order valence-electron chi connectivity index (χ3n) is 4.95. The smallest absolute Gasteiger partial charge is 0.123 e. The van der Waals surface area contributed by atoms with Crippen LogP contribution in [-0.4, -0.2) is 9.97 Å². The fourth-order valence-electron chi connectivity index (χ4n) is 3.27. The number of rotatable bonds is 3. The van der Waals surface area contributed by atoms with E-state index >= 15 is 0 Å². The van der Waals surface area contributed by atoms with Crippen molar-refractivity contribution in [2.45, 2.75) is 0 Å². The Kier molecular flexibility index (Phi) is 9.17. The Morgan fingerprint density at radius 1 is 0.743 bits per heavy atom. The fourth-order valence-corrected chi connectivity index (χ4v) is 3.27. The molecule has 0 saturated heterocycles. The summed E-state index contributed by atoms with van der Waals surface area (Å²) in [6.45, 7) is 6.97. The first-order chi connectivity index (χ1) is 16.8. The van der Waals surface area contributed by atoms with Crippen LogP contribution in [0.15, 0.2) is 109 Å². The minimum Gasteiger partial charge on any atom is -0.305 e. The Bertz CT molecular complexity index is 1400. The quantitative estimate of drug-likeness (QED) is 0.199. The van der Waals surface area contributed by atoms with Gasteiger partial charge in [-0.2, -0.15) is 0 Å². The predicted molar refractivity (Wildman–Crippen MR) is 133 cm³/mol. The zero-order chi connectivity index (χ0) is 23.6. The van der Waals surface area contributed by atoms with Crippen molar-refractivity contribution in [1.82, 2.24) is 9.97 Å². The average Bonchev–Trinajstić information content (AvgIpc) is 2.94. The first kappa shape index (κ1) is 25.2. The van der Waals surface area contributed by atoms with Gasteiger partial charge < -0.3 is 9.97 Å². The standard InChI is InChI=1S/C17H12N.C13H6N3.Ir/c1-3-7-14(8-4-1)16-11-12-18-17(13-16)15-9-5-2-6-10-15;1-15-13-8-10(5-6-11(13)9-14)12-4-2-3-7-16-12;/h1-9,11-13H;2-7H;/q2*-1;. The van der Waals surface area contributed by atoms with Crippen molar-refractivity contribution in [2.24, 2.45) is 0 Å². The molecule has 0 aliphatic rings. The molecule has 0 saturated carbocycles. The molecular weight excluding hydrogens is 609 g/mol. The van der Waals surface area contributed by atoms with Crippen LogP contribution in [0.25, 0.3) is 38.5 Å². The van der Waals surface area contributed by atoms with Crippen LogP contribution in [0.3, 0.4) is 0 Å². The van der Waals surface area contributed by atoms with E-state index in [-0.39, 0.29) is 25.8 Å². The summed E-state index contributed by atoms with van der Waals surface area (Å²) in [5.74, 6) is 0. The van der Waals surface area contributed by atoms with Gasteiger partial charge in [-0.05, 0) is 40.2 Å². The number of hydrogen-bond donors (Lipinski definition) is 0. The van der Waals surface area contributed by atoms with Gasteiger partial charge >= 0.3 is 0 Å². The van der Waals surface area contributed by atoms with Crippen LogP contribution in [0.1, 0.15) is 5.56 Å². The first-order valence-electron chi connectivity index (χ1n) is 10.5. The van der Waals surface area contributed by atoms with Crippen molar-refractivity contribution in [2.75, 3.05) is 0 Å². The molecule has 0 unspecified atom stereocenters. The van der Waals surface area contributed by atoms with Gasteiger partial charge in [0.15, 0.2) is 0 Å². The van der Waals surface area contributed by atoms with E-state index in [1.165, 1.54) is 11.1 Å². The Hall–Kier alpha value is -4.41. The second-order valence-electron chi connectivity index (χ2n) is 7.14. The van der Waals surface area contributed by atoms with Gasteiger partial charge in [0.2, 0.25) is 0 Å². The molecule has 2 heterocycles. The van der Waals surface area contributed by atoms with E-state index in [1.807, 2.05) is 79.0 Å². The van der Waals surface area contributed by atoms with Crippen molar-refractivity contribution in [3.05, 3.63) is 139 Å². The molecule has 0 spiro atoms. The minimum atomic E-state index is 0. The molecule has 0 atom stereocenters. The van der Waals surface area contributed by atoms with Gasteiger partial charge in [0, 0.05) is 38.6 Å². The molecule has 169 valence electrons. The SMILES string of the molecule is [C-]#[N+]c1[c-]c(-c2ccccn2)ccc1C#N.[Ir].[c-]1ccccc1-c1cc(-c2ccccc2)ccn1. The molecule has 4 nitrogen and oxygen atoms in total. The summed E-state index contributed by atoms with van der Waals surface area (Å²) in [4.78, 5) is 11.8. The fraction of sp³-hybridized carbons (Fsp3) is 0. The van der Waals surface area contributed by atoms with Gasteiger partial charge in [-0.1, -0.05) is 48.5 Å². The van der Waals surface area contributed by atoms with E-state index in [2.05, 4.69) is 45.1 Å². The van der Waals surface area contributed by atoms with Crippen LogP contribution in [0, 0.1) is 30.0 Å². The molecule has 1 radical (unpaired) electrons. The van der Waals surface area contributed by atoms with Crippen LogP contribution in [0.2, 0.25) is 0 Å². The molecule has 5 rings (SSSR count). The normalized spacial score (nSPS) is 9.43. The van der Waals surface area contributed by atoms with Gasteiger partial charge in [0.05, 0.1) is 6.57 Å². The van der Waals surface area contributed by atoms with E-state index in [9.17, 15) is 0 Å². The van der Waals surface area contributed by atoms with E-state index in [0.29, 0.717) is 5.56 Å². The summed E-state index contributed by atoms with van der Waals surface area (Å²) in [5, 5.41) is 8.78. The molecule has 35 heavy (non-hydrogen) atoms. The molecule has 0 aliphatic heterocycles. The maximum atomic E-state index is 8.78. The summed E-state index contributed by atoms with van der Waals surface area (Å²) in [5.41, 5.74) is 6.42. The van der Waals surface area contributed by atoms with Crippen molar-refractivity contribution in [3.8, 4) is 39.7 Å². The summed E-state index contributed by atoms with van der Waals surface area (Å²) in [6.07, 6.45) is 3.53.